The number of thiazole rings is 1. The third-order valence-corrected chi connectivity index (χ3v) is 2.56. The number of aromatic nitrogens is 1. The molecule has 0 bridgehead atoms. The van der Waals surface area contributed by atoms with Gasteiger partial charge in [-0.2, -0.15) is 0 Å². The first-order chi connectivity index (χ1) is 3.29. The van der Waals surface area contributed by atoms with Crippen LogP contribution in [0.3, 0.4) is 0 Å². The lowest BCUT2D eigenvalue weighted by atomic mass is 10.8. The van der Waals surface area contributed by atoms with Gasteiger partial charge in [0.05, 0.1) is 5.01 Å². The SMILES string of the molecule is Cc1n[c]([AlH2])cs1. The summed E-state index contributed by atoms with van der Waals surface area (Å²) in [6.45, 7) is 2.03. The Bertz CT molecular complexity index is 144. The molecular weight excluding hydrogens is 121 g/mol. The van der Waals surface area contributed by atoms with E-state index in [4.69, 9.17) is 0 Å². The second-order valence-corrected chi connectivity index (χ2v) is 3.59. The molecule has 1 aromatic rings. The fraction of sp³-hybridized carbons (Fsp3) is 0.250. The quantitative estimate of drug-likeness (QED) is 0.436. The van der Waals surface area contributed by atoms with E-state index in [1.54, 1.807) is 11.3 Å². The summed E-state index contributed by atoms with van der Waals surface area (Å²) in [7, 11) is 0. The largest absolute Gasteiger partial charge is 0.291 e. The van der Waals surface area contributed by atoms with Crippen molar-refractivity contribution in [1.29, 1.82) is 0 Å². The molecule has 1 aromatic heterocycles. The van der Waals surface area contributed by atoms with E-state index in [1.807, 2.05) is 6.92 Å². The number of nitrogens with zero attached hydrogens (tertiary/aromatic N) is 1. The summed E-state index contributed by atoms with van der Waals surface area (Å²) in [5.41, 5.74) is 0. The Morgan fingerprint density at radius 3 is 2.71 bits per heavy atom. The minimum atomic E-state index is 1.09. The topological polar surface area (TPSA) is 12.9 Å². The molecule has 1 rings (SSSR count). The maximum Gasteiger partial charge on any atom is 0.291 e. The van der Waals surface area contributed by atoms with Crippen molar-refractivity contribution in [2.24, 2.45) is 0 Å². The van der Waals surface area contributed by atoms with E-state index in [2.05, 4.69) is 10.4 Å². The van der Waals surface area contributed by atoms with Gasteiger partial charge in [-0.1, -0.05) is 0 Å². The molecule has 0 N–H and O–H groups in total. The Morgan fingerprint density at radius 2 is 2.57 bits per heavy atom. The summed E-state index contributed by atoms with van der Waals surface area (Å²) >= 11 is 2.82. The smallest absolute Gasteiger partial charge is 0.266 e. The molecule has 0 aromatic carbocycles. The molecule has 36 valence electrons. The van der Waals surface area contributed by atoms with Gasteiger partial charge < -0.3 is 0 Å². The minimum Gasteiger partial charge on any atom is -0.266 e. The van der Waals surface area contributed by atoms with Crippen molar-refractivity contribution in [3.8, 4) is 0 Å². The molecule has 1 heterocycles. The second-order valence-electron chi connectivity index (χ2n) is 1.51. The second kappa shape index (κ2) is 1.96. The zero-order valence-corrected chi connectivity index (χ0v) is 7.25. The molecule has 0 aliphatic heterocycles. The predicted octanol–water partition coefficient (Wildman–Crippen LogP) is -0.290. The molecule has 1 nitrogen and oxygen atoms in total. The van der Waals surface area contributed by atoms with Crippen molar-refractivity contribution >= 4 is 32.2 Å². The molecule has 0 unspecified atom stereocenters. The first-order valence-electron chi connectivity index (χ1n) is 2.18. The van der Waals surface area contributed by atoms with E-state index < -0.39 is 0 Å². The lowest BCUT2D eigenvalue weighted by Crippen LogP contribution is -2.00. The van der Waals surface area contributed by atoms with E-state index in [0.29, 0.717) is 0 Å². The minimum absolute atomic E-state index is 1.09. The van der Waals surface area contributed by atoms with Crippen LogP contribution in [0.25, 0.3) is 0 Å². The Morgan fingerprint density at radius 1 is 1.86 bits per heavy atom. The fourth-order valence-electron chi connectivity index (χ4n) is 0.472. The molecular formula is C4H6AlNS. The highest BCUT2D eigenvalue weighted by Crippen LogP contribution is 1.96. The summed E-state index contributed by atoms with van der Waals surface area (Å²) in [5, 5.41) is 3.30. The van der Waals surface area contributed by atoms with Gasteiger partial charge in [0.15, 0.2) is 0 Å². The summed E-state index contributed by atoms with van der Waals surface area (Å²) < 4.78 is 1.27. The third-order valence-electron chi connectivity index (χ3n) is 0.734. The molecule has 0 aliphatic carbocycles. The van der Waals surface area contributed by atoms with Crippen molar-refractivity contribution < 1.29 is 0 Å². The highest BCUT2D eigenvalue weighted by molar-refractivity contribution is 7.10. The van der Waals surface area contributed by atoms with Crippen LogP contribution in [0, 0.1) is 6.92 Å². The average Bonchev–Trinajstić information content (AvgIpc) is 1.87. The number of hydrogen-bond acceptors (Lipinski definition) is 2. The van der Waals surface area contributed by atoms with Crippen LogP contribution in [0.15, 0.2) is 5.38 Å². The fourth-order valence-corrected chi connectivity index (χ4v) is 1.91. The number of aryl methyl sites for hydroxylation is 1. The van der Waals surface area contributed by atoms with E-state index in [0.717, 1.165) is 16.3 Å². The van der Waals surface area contributed by atoms with Gasteiger partial charge in [0.25, 0.3) is 16.3 Å². The van der Waals surface area contributed by atoms with Crippen molar-refractivity contribution in [1.82, 2.24) is 4.98 Å². The summed E-state index contributed by atoms with van der Waals surface area (Å²) in [4.78, 5) is 4.19. The van der Waals surface area contributed by atoms with Gasteiger partial charge >= 0.3 is 0 Å². The van der Waals surface area contributed by atoms with Crippen LogP contribution in [0.4, 0.5) is 0 Å². The van der Waals surface area contributed by atoms with E-state index in [1.165, 1.54) is 9.56 Å². The summed E-state index contributed by atoms with van der Waals surface area (Å²) in [5.74, 6) is 0. The third kappa shape index (κ3) is 1.27. The van der Waals surface area contributed by atoms with Crippen LogP contribution >= 0.6 is 11.3 Å². The molecule has 0 saturated carbocycles. The molecule has 0 aliphatic rings. The van der Waals surface area contributed by atoms with Gasteiger partial charge in [0.2, 0.25) is 0 Å². The average molecular weight is 127 g/mol. The Kier molecular flexibility index (Phi) is 1.48. The first-order valence-corrected chi connectivity index (χ1v) is 4.06. The van der Waals surface area contributed by atoms with Gasteiger partial charge in [0, 0.05) is 0 Å². The van der Waals surface area contributed by atoms with Crippen molar-refractivity contribution in [3.05, 3.63) is 10.4 Å². The van der Waals surface area contributed by atoms with Crippen molar-refractivity contribution in [2.75, 3.05) is 0 Å². The lowest BCUT2D eigenvalue weighted by molar-refractivity contribution is 1.34. The summed E-state index contributed by atoms with van der Waals surface area (Å²) in [6.07, 6.45) is 0. The van der Waals surface area contributed by atoms with Gasteiger partial charge in [-0.25, -0.2) is 0 Å². The normalized spacial score (nSPS) is 9.29. The van der Waals surface area contributed by atoms with Crippen LogP contribution in [-0.2, 0) is 0 Å². The molecule has 0 amide bonds. The zero-order chi connectivity index (χ0) is 5.28. The number of hydrogen-bond donors (Lipinski definition) is 0. The first kappa shape index (κ1) is 5.30. The molecule has 0 fully saturated rings. The van der Waals surface area contributed by atoms with Crippen LogP contribution in [0.5, 0.6) is 0 Å². The van der Waals surface area contributed by atoms with Gasteiger partial charge in [-0.05, 0) is 16.9 Å². The predicted molar refractivity (Wildman–Crippen MR) is 35.0 cm³/mol. The van der Waals surface area contributed by atoms with E-state index in [9.17, 15) is 0 Å². The number of rotatable bonds is 0. The van der Waals surface area contributed by atoms with Crippen LogP contribution in [0.2, 0.25) is 0 Å². The Balaban J connectivity index is 3.04. The van der Waals surface area contributed by atoms with Crippen molar-refractivity contribution in [2.45, 2.75) is 6.92 Å². The molecule has 0 saturated heterocycles. The van der Waals surface area contributed by atoms with Crippen LogP contribution < -0.4 is 4.56 Å². The molecule has 7 heavy (non-hydrogen) atoms. The van der Waals surface area contributed by atoms with Crippen LogP contribution in [-0.4, -0.2) is 21.3 Å². The van der Waals surface area contributed by atoms with E-state index >= 15 is 0 Å². The zero-order valence-electron chi connectivity index (χ0n) is 4.43. The van der Waals surface area contributed by atoms with Crippen LogP contribution in [0.1, 0.15) is 5.01 Å². The summed E-state index contributed by atoms with van der Waals surface area (Å²) in [6, 6.07) is 0. The Labute approximate surface area is 54.8 Å². The Hall–Kier alpha value is 0.162. The standard InChI is InChI=1S/C4H4NS.Al.2H/c1-4-5-2-3-6-4;;;/h3H,1H3;;;. The molecule has 0 radical (unpaired) electrons. The maximum atomic E-state index is 4.19. The van der Waals surface area contributed by atoms with Gasteiger partial charge in [-0.3, -0.25) is 4.98 Å². The maximum absolute atomic E-state index is 4.19. The van der Waals surface area contributed by atoms with Gasteiger partial charge in [0.1, 0.15) is 0 Å². The van der Waals surface area contributed by atoms with Crippen molar-refractivity contribution in [3.63, 3.8) is 0 Å². The monoisotopic (exact) mass is 127 g/mol. The molecule has 0 atom stereocenters. The molecule has 3 heteroatoms. The lowest BCUT2D eigenvalue weighted by Gasteiger charge is -1.71. The highest BCUT2D eigenvalue weighted by Gasteiger charge is 1.86. The highest BCUT2D eigenvalue weighted by atomic mass is 32.1. The van der Waals surface area contributed by atoms with E-state index in [-0.39, 0.29) is 0 Å². The molecule has 0 spiro atoms. The van der Waals surface area contributed by atoms with Gasteiger partial charge in [-0.15, -0.1) is 11.3 Å².